The summed E-state index contributed by atoms with van der Waals surface area (Å²) in [6.07, 6.45) is 0. The highest BCUT2D eigenvalue weighted by Crippen LogP contribution is 2.11. The van der Waals surface area contributed by atoms with Gasteiger partial charge in [0.2, 0.25) is 5.91 Å². The molecule has 1 fully saturated rings. The van der Waals surface area contributed by atoms with Gasteiger partial charge in [-0.2, -0.15) is 0 Å². The van der Waals surface area contributed by atoms with Crippen LogP contribution in [0.15, 0.2) is 18.2 Å². The molecule has 1 aliphatic heterocycles. The lowest BCUT2D eigenvalue weighted by Gasteiger charge is -2.29. The number of carbonyl (C=O) groups is 2. The summed E-state index contributed by atoms with van der Waals surface area (Å²) in [4.78, 5) is 27.9. The molecule has 1 N–H and O–H groups in total. The quantitative estimate of drug-likeness (QED) is 0.909. The molecule has 0 radical (unpaired) electrons. The van der Waals surface area contributed by atoms with Crippen molar-refractivity contribution in [3.63, 3.8) is 0 Å². The maximum atomic E-state index is 12.4. The highest BCUT2D eigenvalue weighted by atomic mass is 35.5. The number of carbonyl (C=O) groups excluding carboxylic acids is 2. The lowest BCUT2D eigenvalue weighted by Crippen LogP contribution is -2.49. The summed E-state index contributed by atoms with van der Waals surface area (Å²) in [7, 11) is 1.68. The van der Waals surface area contributed by atoms with E-state index in [9.17, 15) is 9.59 Å². The van der Waals surface area contributed by atoms with Crippen LogP contribution in [0.25, 0.3) is 0 Å². The molecule has 0 unspecified atom stereocenters. The predicted molar refractivity (Wildman–Crippen MR) is 89.6 cm³/mol. The number of piperazine rings is 1. The zero-order chi connectivity index (χ0) is 15.4. The molecule has 0 aromatic heterocycles. The Morgan fingerprint density at radius 3 is 2.23 bits per heavy atom. The number of benzene rings is 1. The Morgan fingerprint density at radius 1 is 1.14 bits per heavy atom. The molecule has 0 atom stereocenters. The maximum Gasteiger partial charge on any atom is 0.254 e. The van der Waals surface area contributed by atoms with Gasteiger partial charge in [0, 0.05) is 38.8 Å². The van der Waals surface area contributed by atoms with Crippen molar-refractivity contribution in [3.05, 3.63) is 34.9 Å². The number of nitrogens with zero attached hydrogens (tertiary/aromatic N) is 2. The van der Waals surface area contributed by atoms with Gasteiger partial charge in [0.25, 0.3) is 5.91 Å². The van der Waals surface area contributed by atoms with Crippen LogP contribution < -0.4 is 5.32 Å². The molecule has 122 valence electrons. The van der Waals surface area contributed by atoms with E-state index < -0.39 is 0 Å². The first-order chi connectivity index (χ1) is 9.97. The molecule has 0 aliphatic carbocycles. The van der Waals surface area contributed by atoms with Crippen molar-refractivity contribution in [3.8, 4) is 0 Å². The number of hydrogen-bond donors (Lipinski definition) is 1. The van der Waals surface area contributed by atoms with Gasteiger partial charge in [-0.1, -0.05) is 17.2 Å². The fourth-order valence-corrected chi connectivity index (χ4v) is 2.61. The molecule has 0 spiro atoms. The number of aryl methyl sites for hydroxylation is 2. The highest BCUT2D eigenvalue weighted by Gasteiger charge is 2.20. The van der Waals surface area contributed by atoms with Crippen LogP contribution in [0, 0.1) is 13.8 Å². The average Bonchev–Trinajstić information content (AvgIpc) is 2.46. The Labute approximate surface area is 138 Å². The Morgan fingerprint density at radius 2 is 1.68 bits per heavy atom. The van der Waals surface area contributed by atoms with E-state index in [-0.39, 0.29) is 30.8 Å². The van der Waals surface area contributed by atoms with E-state index in [4.69, 9.17) is 0 Å². The van der Waals surface area contributed by atoms with Gasteiger partial charge in [0.05, 0.1) is 6.54 Å². The molecular formula is C16H24ClN3O2. The van der Waals surface area contributed by atoms with Crippen molar-refractivity contribution >= 4 is 24.2 Å². The van der Waals surface area contributed by atoms with Crippen molar-refractivity contribution in [1.82, 2.24) is 15.1 Å². The van der Waals surface area contributed by atoms with E-state index in [0.717, 1.165) is 24.2 Å². The average molecular weight is 326 g/mol. The molecular weight excluding hydrogens is 302 g/mol. The molecule has 22 heavy (non-hydrogen) atoms. The summed E-state index contributed by atoms with van der Waals surface area (Å²) in [5.41, 5.74) is 2.75. The van der Waals surface area contributed by atoms with E-state index in [0.29, 0.717) is 18.7 Å². The van der Waals surface area contributed by atoms with Gasteiger partial charge < -0.3 is 15.1 Å². The SMILES string of the molecule is Cc1cc(C)cc(C(=O)N(C)CC(=O)N2CCNCC2)c1.Cl. The molecule has 1 aliphatic rings. The molecule has 2 rings (SSSR count). The fraction of sp³-hybridized carbons (Fsp3) is 0.500. The van der Waals surface area contributed by atoms with E-state index in [1.54, 1.807) is 7.05 Å². The maximum absolute atomic E-state index is 12.4. The number of amides is 2. The normalized spacial score (nSPS) is 14.2. The highest BCUT2D eigenvalue weighted by molar-refractivity contribution is 5.96. The topological polar surface area (TPSA) is 52.7 Å². The molecule has 1 aromatic rings. The standard InChI is InChI=1S/C16H23N3O2.ClH/c1-12-8-13(2)10-14(9-12)16(21)18(3)11-15(20)19-6-4-17-5-7-19;/h8-10,17H,4-7,11H2,1-3H3;1H. The second-order valence-electron chi connectivity index (χ2n) is 5.67. The summed E-state index contributed by atoms with van der Waals surface area (Å²) in [5.74, 6) is -0.0954. The predicted octanol–water partition coefficient (Wildman–Crippen LogP) is 1.23. The van der Waals surface area contributed by atoms with Crippen molar-refractivity contribution in [2.45, 2.75) is 13.8 Å². The molecule has 2 amide bonds. The Kier molecular flexibility index (Phi) is 6.84. The number of nitrogens with one attached hydrogen (secondary N) is 1. The minimum absolute atomic E-state index is 0. The Bertz CT molecular complexity index is 522. The number of hydrogen-bond acceptors (Lipinski definition) is 3. The molecule has 6 heteroatoms. The van der Waals surface area contributed by atoms with Gasteiger partial charge in [0.15, 0.2) is 0 Å². The van der Waals surface area contributed by atoms with Crippen LogP contribution in [-0.2, 0) is 4.79 Å². The lowest BCUT2D eigenvalue weighted by molar-refractivity contribution is -0.132. The largest absolute Gasteiger partial charge is 0.339 e. The second kappa shape index (κ2) is 8.15. The van der Waals surface area contributed by atoms with Crippen molar-refractivity contribution in [1.29, 1.82) is 0 Å². The zero-order valence-electron chi connectivity index (χ0n) is 13.4. The van der Waals surface area contributed by atoms with Crippen LogP contribution in [0.3, 0.4) is 0 Å². The molecule has 0 bridgehead atoms. The number of rotatable bonds is 3. The van der Waals surface area contributed by atoms with E-state index in [1.807, 2.05) is 36.9 Å². The molecule has 5 nitrogen and oxygen atoms in total. The van der Waals surface area contributed by atoms with Gasteiger partial charge in [0.1, 0.15) is 0 Å². The molecule has 1 saturated heterocycles. The minimum Gasteiger partial charge on any atom is -0.339 e. The summed E-state index contributed by atoms with van der Waals surface area (Å²) < 4.78 is 0. The summed E-state index contributed by atoms with van der Waals surface area (Å²) >= 11 is 0. The van der Waals surface area contributed by atoms with E-state index in [2.05, 4.69) is 5.32 Å². The van der Waals surface area contributed by atoms with E-state index in [1.165, 1.54) is 4.90 Å². The van der Waals surface area contributed by atoms with Gasteiger partial charge in [-0.25, -0.2) is 0 Å². The first-order valence-electron chi connectivity index (χ1n) is 7.29. The van der Waals surface area contributed by atoms with Crippen LogP contribution in [0.4, 0.5) is 0 Å². The Balaban J connectivity index is 0.00000242. The molecule has 0 saturated carbocycles. The fourth-order valence-electron chi connectivity index (χ4n) is 2.61. The first-order valence-corrected chi connectivity index (χ1v) is 7.29. The van der Waals surface area contributed by atoms with Crippen LogP contribution >= 0.6 is 12.4 Å². The van der Waals surface area contributed by atoms with Crippen LogP contribution in [0.1, 0.15) is 21.5 Å². The van der Waals surface area contributed by atoms with Gasteiger partial charge in [-0.05, 0) is 26.0 Å². The van der Waals surface area contributed by atoms with Crippen LogP contribution in [-0.4, -0.2) is 61.4 Å². The van der Waals surface area contributed by atoms with Crippen LogP contribution in [0.5, 0.6) is 0 Å². The molecule has 1 heterocycles. The van der Waals surface area contributed by atoms with Gasteiger partial charge in [-0.3, -0.25) is 9.59 Å². The second-order valence-corrected chi connectivity index (χ2v) is 5.67. The monoisotopic (exact) mass is 325 g/mol. The van der Waals surface area contributed by atoms with Crippen molar-refractivity contribution in [2.24, 2.45) is 0 Å². The summed E-state index contributed by atoms with van der Waals surface area (Å²) in [5, 5.41) is 3.21. The lowest BCUT2D eigenvalue weighted by atomic mass is 10.1. The van der Waals surface area contributed by atoms with Gasteiger partial charge >= 0.3 is 0 Å². The summed E-state index contributed by atoms with van der Waals surface area (Å²) in [6.45, 7) is 7.13. The number of halogens is 1. The molecule has 1 aromatic carbocycles. The third kappa shape index (κ3) is 4.71. The third-order valence-electron chi connectivity index (χ3n) is 3.66. The minimum atomic E-state index is -0.106. The zero-order valence-corrected chi connectivity index (χ0v) is 14.2. The van der Waals surface area contributed by atoms with Gasteiger partial charge in [-0.15, -0.1) is 12.4 Å². The van der Waals surface area contributed by atoms with E-state index >= 15 is 0 Å². The van der Waals surface area contributed by atoms with Crippen molar-refractivity contribution in [2.75, 3.05) is 39.8 Å². The third-order valence-corrected chi connectivity index (χ3v) is 3.66. The number of likely N-dealkylation sites (N-methyl/N-ethyl adjacent to an activating group) is 1. The smallest absolute Gasteiger partial charge is 0.254 e. The van der Waals surface area contributed by atoms with Crippen molar-refractivity contribution < 1.29 is 9.59 Å². The van der Waals surface area contributed by atoms with Crippen LogP contribution in [0.2, 0.25) is 0 Å². The summed E-state index contributed by atoms with van der Waals surface area (Å²) in [6, 6.07) is 5.75. The first kappa shape index (κ1) is 18.5. The Hall–Kier alpha value is -1.59.